The summed E-state index contributed by atoms with van der Waals surface area (Å²) in [6.45, 7) is 0.00150. The highest BCUT2D eigenvalue weighted by atomic mass is 35.5. The summed E-state index contributed by atoms with van der Waals surface area (Å²) in [7, 11) is 1.44. The minimum atomic E-state index is -0.263. The summed E-state index contributed by atoms with van der Waals surface area (Å²) in [5.41, 5.74) is 0.457. The molecule has 1 amide bonds. The number of hydrogen-bond acceptors (Lipinski definition) is 3. The Bertz CT molecular complexity index is 274. The van der Waals surface area contributed by atoms with Crippen molar-refractivity contribution in [3.8, 4) is 0 Å². The number of aromatic amines is 1. The molecule has 0 saturated carbocycles. The quantitative estimate of drug-likeness (QED) is 0.734. The molecule has 0 aromatic carbocycles. The van der Waals surface area contributed by atoms with Crippen LogP contribution in [0.4, 0.5) is 5.69 Å². The molecule has 5 nitrogen and oxygen atoms in total. The van der Waals surface area contributed by atoms with Crippen molar-refractivity contribution in [1.82, 2.24) is 10.2 Å². The van der Waals surface area contributed by atoms with Gasteiger partial charge in [0.05, 0.1) is 11.9 Å². The number of nitrogens with one attached hydrogen (secondary N) is 2. The van der Waals surface area contributed by atoms with Crippen LogP contribution in [0.25, 0.3) is 0 Å². The lowest BCUT2D eigenvalue weighted by atomic mass is 10.5. The van der Waals surface area contributed by atoms with E-state index < -0.39 is 0 Å². The van der Waals surface area contributed by atoms with Crippen molar-refractivity contribution in [3.05, 3.63) is 11.3 Å². The number of aromatic nitrogens is 2. The zero-order valence-corrected chi connectivity index (χ0v) is 7.18. The molecule has 0 radical (unpaired) electrons. The molecular weight excluding hydrogens is 182 g/mol. The van der Waals surface area contributed by atoms with Crippen LogP contribution in [0.15, 0.2) is 6.20 Å². The van der Waals surface area contributed by atoms with Gasteiger partial charge in [-0.2, -0.15) is 5.10 Å². The molecule has 1 heterocycles. The van der Waals surface area contributed by atoms with Gasteiger partial charge in [-0.05, 0) is 0 Å². The maximum absolute atomic E-state index is 10.9. The number of carbonyl (C=O) groups is 1. The van der Waals surface area contributed by atoms with Crippen molar-refractivity contribution >= 4 is 23.2 Å². The van der Waals surface area contributed by atoms with Crippen molar-refractivity contribution in [2.75, 3.05) is 19.0 Å². The molecule has 1 aromatic rings. The fraction of sp³-hybridized carbons (Fsp3) is 0.333. The van der Waals surface area contributed by atoms with E-state index >= 15 is 0 Å². The van der Waals surface area contributed by atoms with E-state index in [1.807, 2.05) is 0 Å². The molecule has 0 spiro atoms. The van der Waals surface area contributed by atoms with Gasteiger partial charge in [0, 0.05) is 7.11 Å². The van der Waals surface area contributed by atoms with Crippen LogP contribution in [0.1, 0.15) is 0 Å². The van der Waals surface area contributed by atoms with Gasteiger partial charge in [-0.3, -0.25) is 9.89 Å². The molecule has 0 aliphatic carbocycles. The van der Waals surface area contributed by atoms with Crippen LogP contribution >= 0.6 is 11.6 Å². The first-order valence-electron chi connectivity index (χ1n) is 3.21. The van der Waals surface area contributed by atoms with Crippen molar-refractivity contribution in [3.63, 3.8) is 0 Å². The van der Waals surface area contributed by atoms with Gasteiger partial charge < -0.3 is 10.1 Å². The fourth-order valence-corrected chi connectivity index (χ4v) is 0.820. The van der Waals surface area contributed by atoms with Gasteiger partial charge in [-0.1, -0.05) is 11.6 Å². The van der Waals surface area contributed by atoms with Crippen molar-refractivity contribution in [2.45, 2.75) is 0 Å². The molecule has 1 aromatic heterocycles. The summed E-state index contributed by atoms with van der Waals surface area (Å²) in [4.78, 5) is 10.9. The summed E-state index contributed by atoms with van der Waals surface area (Å²) in [5.74, 6) is -0.263. The third-order valence-electron chi connectivity index (χ3n) is 1.14. The molecule has 0 atom stereocenters. The summed E-state index contributed by atoms with van der Waals surface area (Å²) in [6, 6.07) is 0. The van der Waals surface area contributed by atoms with Crippen LogP contribution in [0.5, 0.6) is 0 Å². The number of amides is 1. The third-order valence-corrected chi connectivity index (χ3v) is 1.43. The van der Waals surface area contributed by atoms with Gasteiger partial charge in [-0.15, -0.1) is 0 Å². The number of anilines is 1. The van der Waals surface area contributed by atoms with E-state index in [4.69, 9.17) is 11.6 Å². The maximum Gasteiger partial charge on any atom is 0.250 e. The molecule has 0 unspecified atom stereocenters. The number of hydrogen-bond donors (Lipinski definition) is 2. The minimum Gasteiger partial charge on any atom is -0.375 e. The standard InChI is InChI=1S/C6H8ClN3O2/c1-12-3-5(11)9-4-2-8-10-6(4)7/h2H,3H2,1H3,(H,8,10)(H,9,11). The average molecular weight is 190 g/mol. The molecule has 0 aliphatic rings. The van der Waals surface area contributed by atoms with Crippen molar-refractivity contribution in [2.24, 2.45) is 0 Å². The van der Waals surface area contributed by atoms with Crippen LogP contribution in [-0.4, -0.2) is 29.8 Å². The van der Waals surface area contributed by atoms with Gasteiger partial charge in [0.2, 0.25) is 5.91 Å². The molecule has 0 aliphatic heterocycles. The minimum absolute atomic E-state index is 0.00150. The molecule has 0 bridgehead atoms. The van der Waals surface area contributed by atoms with E-state index in [0.717, 1.165) is 0 Å². The molecule has 12 heavy (non-hydrogen) atoms. The number of carbonyl (C=O) groups excluding carboxylic acids is 1. The maximum atomic E-state index is 10.9. The van der Waals surface area contributed by atoms with E-state index in [-0.39, 0.29) is 12.5 Å². The zero-order chi connectivity index (χ0) is 8.97. The molecule has 1 rings (SSSR count). The Morgan fingerprint density at radius 2 is 2.67 bits per heavy atom. The van der Waals surface area contributed by atoms with Gasteiger partial charge in [0.15, 0.2) is 0 Å². The Kier molecular flexibility index (Phi) is 3.07. The lowest BCUT2D eigenvalue weighted by Crippen LogP contribution is -2.16. The van der Waals surface area contributed by atoms with Crippen LogP contribution in [0.3, 0.4) is 0 Å². The number of H-pyrrole nitrogens is 1. The van der Waals surface area contributed by atoms with Gasteiger partial charge >= 0.3 is 0 Å². The monoisotopic (exact) mass is 189 g/mol. The molecular formula is C6H8ClN3O2. The van der Waals surface area contributed by atoms with E-state index in [0.29, 0.717) is 10.8 Å². The fourth-order valence-electron chi connectivity index (χ4n) is 0.675. The first-order valence-corrected chi connectivity index (χ1v) is 3.59. The van der Waals surface area contributed by atoms with E-state index in [1.165, 1.54) is 13.3 Å². The lowest BCUT2D eigenvalue weighted by Gasteiger charge is -2.00. The Balaban J connectivity index is 2.52. The Labute approximate surface area is 74.1 Å². The number of methoxy groups -OCH3 is 1. The van der Waals surface area contributed by atoms with Gasteiger partial charge in [0.25, 0.3) is 0 Å². The van der Waals surface area contributed by atoms with Gasteiger partial charge in [0.1, 0.15) is 11.8 Å². The predicted octanol–water partition coefficient (Wildman–Crippen LogP) is 0.648. The highest BCUT2D eigenvalue weighted by Gasteiger charge is 2.05. The first kappa shape index (κ1) is 9.02. The lowest BCUT2D eigenvalue weighted by molar-refractivity contribution is -0.119. The zero-order valence-electron chi connectivity index (χ0n) is 6.43. The average Bonchev–Trinajstić information content (AvgIpc) is 2.37. The van der Waals surface area contributed by atoms with E-state index in [2.05, 4.69) is 20.3 Å². The Morgan fingerprint density at radius 1 is 1.92 bits per heavy atom. The molecule has 66 valence electrons. The summed E-state index contributed by atoms with van der Waals surface area (Å²) in [5, 5.41) is 8.90. The number of nitrogens with zero attached hydrogens (tertiary/aromatic N) is 1. The molecule has 2 N–H and O–H groups in total. The number of ether oxygens (including phenoxy) is 1. The van der Waals surface area contributed by atoms with E-state index in [1.54, 1.807) is 0 Å². The molecule has 0 fully saturated rings. The SMILES string of the molecule is COCC(=O)Nc1cn[nH]c1Cl. The Hall–Kier alpha value is -1.07. The smallest absolute Gasteiger partial charge is 0.250 e. The van der Waals surface area contributed by atoms with Crippen molar-refractivity contribution < 1.29 is 9.53 Å². The predicted molar refractivity (Wildman–Crippen MR) is 44.1 cm³/mol. The summed E-state index contributed by atoms with van der Waals surface area (Å²) < 4.78 is 4.61. The van der Waals surface area contributed by atoms with E-state index in [9.17, 15) is 4.79 Å². The van der Waals surface area contributed by atoms with Gasteiger partial charge in [-0.25, -0.2) is 0 Å². The van der Waals surface area contributed by atoms with Crippen LogP contribution in [0, 0.1) is 0 Å². The largest absolute Gasteiger partial charge is 0.375 e. The second kappa shape index (κ2) is 4.08. The molecule has 6 heteroatoms. The highest BCUT2D eigenvalue weighted by molar-refractivity contribution is 6.32. The summed E-state index contributed by atoms with van der Waals surface area (Å²) >= 11 is 5.61. The second-order valence-corrected chi connectivity index (χ2v) is 2.46. The Morgan fingerprint density at radius 3 is 3.17 bits per heavy atom. The van der Waals surface area contributed by atoms with Crippen molar-refractivity contribution in [1.29, 1.82) is 0 Å². The van der Waals surface area contributed by atoms with Crippen LogP contribution in [-0.2, 0) is 9.53 Å². The summed E-state index contributed by atoms with van der Waals surface area (Å²) in [6.07, 6.45) is 1.43. The normalized spacial score (nSPS) is 9.83. The third kappa shape index (κ3) is 2.21. The number of rotatable bonds is 3. The van der Waals surface area contributed by atoms with Crippen LogP contribution < -0.4 is 5.32 Å². The van der Waals surface area contributed by atoms with Crippen LogP contribution in [0.2, 0.25) is 5.15 Å². The highest BCUT2D eigenvalue weighted by Crippen LogP contribution is 2.16. The number of halogens is 1. The topological polar surface area (TPSA) is 67.0 Å². The first-order chi connectivity index (χ1) is 5.74. The second-order valence-electron chi connectivity index (χ2n) is 2.08. The molecule has 0 saturated heterocycles.